The summed E-state index contributed by atoms with van der Waals surface area (Å²) in [5.41, 5.74) is -0.396. The second-order valence-corrected chi connectivity index (χ2v) is 5.08. The van der Waals surface area contributed by atoms with Gasteiger partial charge in [-0.3, -0.25) is 4.79 Å². The third-order valence-electron chi connectivity index (χ3n) is 2.65. The number of amides is 2. The van der Waals surface area contributed by atoms with E-state index < -0.39 is 5.41 Å². The van der Waals surface area contributed by atoms with E-state index >= 15 is 0 Å². The zero-order valence-corrected chi connectivity index (χ0v) is 9.96. The highest BCUT2D eigenvalue weighted by Gasteiger charge is 2.36. The summed E-state index contributed by atoms with van der Waals surface area (Å²) in [4.78, 5) is 25.0. The minimum Gasteiger partial charge on any atom is -0.336 e. The number of ketones is 1. The molecule has 2 amide bonds. The van der Waals surface area contributed by atoms with E-state index in [1.165, 1.54) is 0 Å². The van der Waals surface area contributed by atoms with Gasteiger partial charge in [-0.05, 0) is 13.8 Å². The molecule has 0 aromatic rings. The average molecular weight is 212 g/mol. The summed E-state index contributed by atoms with van der Waals surface area (Å²) in [6.07, 6.45) is 0.471. The van der Waals surface area contributed by atoms with Crippen molar-refractivity contribution in [3.05, 3.63) is 0 Å². The van der Waals surface area contributed by atoms with Crippen molar-refractivity contribution in [3.63, 3.8) is 0 Å². The molecule has 1 heterocycles. The van der Waals surface area contributed by atoms with Crippen LogP contribution in [0.15, 0.2) is 0 Å². The molecule has 1 aliphatic heterocycles. The molecule has 1 N–H and O–H groups in total. The van der Waals surface area contributed by atoms with Gasteiger partial charge in [-0.1, -0.05) is 13.8 Å². The molecular formula is C11H20N2O2. The summed E-state index contributed by atoms with van der Waals surface area (Å²) in [5.74, 6) is 0.246. The normalized spacial score (nSPS) is 20.6. The largest absolute Gasteiger partial charge is 0.336 e. The van der Waals surface area contributed by atoms with Crippen LogP contribution in [0.4, 0.5) is 4.79 Å². The van der Waals surface area contributed by atoms with E-state index in [4.69, 9.17) is 0 Å². The Morgan fingerprint density at radius 1 is 1.47 bits per heavy atom. The van der Waals surface area contributed by atoms with Gasteiger partial charge in [0.1, 0.15) is 5.78 Å². The molecule has 0 atom stereocenters. The van der Waals surface area contributed by atoms with E-state index in [9.17, 15) is 9.59 Å². The molecule has 15 heavy (non-hydrogen) atoms. The number of nitrogens with one attached hydrogen (secondary N) is 1. The Bertz CT molecular complexity index is 272. The van der Waals surface area contributed by atoms with Crippen molar-refractivity contribution < 1.29 is 9.59 Å². The van der Waals surface area contributed by atoms with Gasteiger partial charge in [0, 0.05) is 31.0 Å². The Morgan fingerprint density at radius 2 is 2.07 bits per heavy atom. The van der Waals surface area contributed by atoms with Crippen molar-refractivity contribution in [1.29, 1.82) is 0 Å². The molecule has 0 aliphatic carbocycles. The van der Waals surface area contributed by atoms with Crippen molar-refractivity contribution in [2.45, 2.75) is 40.2 Å². The summed E-state index contributed by atoms with van der Waals surface area (Å²) >= 11 is 0. The lowest BCUT2D eigenvalue weighted by molar-refractivity contribution is -0.130. The first-order chi connectivity index (χ1) is 6.83. The molecule has 0 unspecified atom stereocenters. The van der Waals surface area contributed by atoms with Gasteiger partial charge < -0.3 is 10.2 Å². The van der Waals surface area contributed by atoms with Gasteiger partial charge in [0.25, 0.3) is 0 Å². The zero-order valence-electron chi connectivity index (χ0n) is 9.96. The van der Waals surface area contributed by atoms with Gasteiger partial charge in [0.05, 0.1) is 0 Å². The maximum Gasteiger partial charge on any atom is 0.317 e. The average Bonchev–Trinajstić information content (AvgIpc) is 2.08. The number of hydrogen-bond donors (Lipinski definition) is 1. The molecular weight excluding hydrogens is 192 g/mol. The van der Waals surface area contributed by atoms with Gasteiger partial charge in [0.2, 0.25) is 0 Å². The number of rotatable bonds is 1. The van der Waals surface area contributed by atoms with Crippen LogP contribution in [-0.4, -0.2) is 35.8 Å². The number of carbonyl (C=O) groups excluding carboxylic acids is 2. The maximum absolute atomic E-state index is 11.7. The fourth-order valence-corrected chi connectivity index (χ4v) is 1.73. The van der Waals surface area contributed by atoms with E-state index in [-0.39, 0.29) is 17.9 Å². The van der Waals surface area contributed by atoms with Gasteiger partial charge in [0.15, 0.2) is 0 Å². The number of urea groups is 1. The molecule has 0 bridgehead atoms. The number of carbonyl (C=O) groups is 2. The van der Waals surface area contributed by atoms with Crippen molar-refractivity contribution >= 4 is 11.8 Å². The van der Waals surface area contributed by atoms with E-state index in [0.717, 1.165) is 0 Å². The minimum atomic E-state index is -0.396. The van der Waals surface area contributed by atoms with Crippen LogP contribution in [0.1, 0.15) is 34.1 Å². The van der Waals surface area contributed by atoms with Crippen molar-refractivity contribution in [2.75, 3.05) is 13.1 Å². The van der Waals surface area contributed by atoms with E-state index in [0.29, 0.717) is 19.5 Å². The quantitative estimate of drug-likeness (QED) is 0.714. The molecule has 86 valence electrons. The van der Waals surface area contributed by atoms with E-state index in [1.54, 1.807) is 4.90 Å². The lowest BCUT2D eigenvalue weighted by atomic mass is 9.83. The van der Waals surface area contributed by atoms with Crippen LogP contribution in [-0.2, 0) is 4.79 Å². The standard InChI is InChI=1S/C11H20N2O2/c1-8(2)12-10(15)13-6-5-9(14)11(3,4)7-13/h8H,5-7H2,1-4H3,(H,12,15). The minimum absolute atomic E-state index is 0.0643. The smallest absolute Gasteiger partial charge is 0.317 e. The summed E-state index contributed by atoms with van der Waals surface area (Å²) in [5, 5.41) is 2.84. The summed E-state index contributed by atoms with van der Waals surface area (Å²) in [7, 11) is 0. The van der Waals surface area contributed by atoms with Crippen LogP contribution < -0.4 is 5.32 Å². The first-order valence-electron chi connectivity index (χ1n) is 5.41. The predicted octanol–water partition coefficient (Wildman–Crippen LogP) is 1.41. The van der Waals surface area contributed by atoms with Crippen LogP contribution >= 0.6 is 0 Å². The lowest BCUT2D eigenvalue weighted by Crippen LogP contribution is -2.52. The molecule has 4 heteroatoms. The molecule has 0 aromatic carbocycles. The molecule has 0 aromatic heterocycles. The zero-order chi connectivity index (χ0) is 11.6. The number of Topliss-reactive ketones (excluding diaryl/α,β-unsaturated/α-hetero) is 1. The SMILES string of the molecule is CC(C)NC(=O)N1CCC(=O)C(C)(C)C1. The summed E-state index contributed by atoms with van der Waals surface area (Å²) in [6.45, 7) is 8.70. The molecule has 0 saturated carbocycles. The maximum atomic E-state index is 11.7. The Labute approximate surface area is 91.0 Å². The van der Waals surface area contributed by atoms with Crippen molar-refractivity contribution in [3.8, 4) is 0 Å². The van der Waals surface area contributed by atoms with E-state index in [1.807, 2.05) is 27.7 Å². The molecule has 1 aliphatic rings. The van der Waals surface area contributed by atoms with Gasteiger partial charge in [-0.15, -0.1) is 0 Å². The number of hydrogen-bond acceptors (Lipinski definition) is 2. The van der Waals surface area contributed by atoms with Gasteiger partial charge >= 0.3 is 6.03 Å². The summed E-state index contributed by atoms with van der Waals surface area (Å²) < 4.78 is 0. The molecule has 0 spiro atoms. The van der Waals surface area contributed by atoms with Crippen LogP contribution in [0, 0.1) is 5.41 Å². The predicted molar refractivity (Wildman–Crippen MR) is 58.6 cm³/mol. The number of piperidine rings is 1. The first-order valence-corrected chi connectivity index (χ1v) is 5.41. The fourth-order valence-electron chi connectivity index (χ4n) is 1.73. The molecule has 0 radical (unpaired) electrons. The van der Waals surface area contributed by atoms with Crippen LogP contribution in [0.3, 0.4) is 0 Å². The van der Waals surface area contributed by atoms with Crippen molar-refractivity contribution in [2.24, 2.45) is 5.41 Å². The Hall–Kier alpha value is -1.06. The Balaban J connectivity index is 2.59. The Morgan fingerprint density at radius 3 is 2.53 bits per heavy atom. The second-order valence-electron chi connectivity index (χ2n) is 5.08. The highest BCUT2D eigenvalue weighted by molar-refractivity contribution is 5.87. The van der Waals surface area contributed by atoms with E-state index in [2.05, 4.69) is 5.32 Å². The highest BCUT2D eigenvalue weighted by Crippen LogP contribution is 2.25. The second kappa shape index (κ2) is 4.21. The fraction of sp³-hybridized carbons (Fsp3) is 0.818. The third kappa shape index (κ3) is 2.94. The van der Waals surface area contributed by atoms with Gasteiger partial charge in [-0.2, -0.15) is 0 Å². The van der Waals surface area contributed by atoms with Crippen LogP contribution in [0.25, 0.3) is 0 Å². The third-order valence-corrected chi connectivity index (χ3v) is 2.65. The van der Waals surface area contributed by atoms with Crippen LogP contribution in [0.2, 0.25) is 0 Å². The number of likely N-dealkylation sites (tertiary alicyclic amines) is 1. The first kappa shape index (κ1) is 12.0. The molecule has 1 rings (SSSR count). The molecule has 1 fully saturated rings. The highest BCUT2D eigenvalue weighted by atomic mass is 16.2. The topological polar surface area (TPSA) is 49.4 Å². The Kier molecular flexibility index (Phi) is 3.37. The van der Waals surface area contributed by atoms with Crippen LogP contribution in [0.5, 0.6) is 0 Å². The van der Waals surface area contributed by atoms with Gasteiger partial charge in [-0.25, -0.2) is 4.79 Å². The lowest BCUT2D eigenvalue weighted by Gasteiger charge is -2.37. The van der Waals surface area contributed by atoms with Crippen molar-refractivity contribution in [1.82, 2.24) is 10.2 Å². The number of nitrogens with zero attached hydrogens (tertiary/aromatic N) is 1. The monoisotopic (exact) mass is 212 g/mol. The molecule has 1 saturated heterocycles. The molecule has 4 nitrogen and oxygen atoms in total. The summed E-state index contributed by atoms with van der Waals surface area (Å²) in [6, 6.07) is 0.0730.